The van der Waals surface area contributed by atoms with E-state index in [1.807, 2.05) is 66.7 Å². The van der Waals surface area contributed by atoms with Gasteiger partial charge in [-0.3, -0.25) is 0 Å². The molecule has 0 fully saturated rings. The van der Waals surface area contributed by atoms with Crippen molar-refractivity contribution < 1.29 is 19.5 Å². The topological polar surface area (TPSA) is 13.1 Å². The average Bonchev–Trinajstić information content (AvgIpc) is 3.58. The summed E-state index contributed by atoms with van der Waals surface area (Å²) in [7, 11) is 0. The maximum atomic E-state index is 9.39. The minimum absolute atomic E-state index is 0.0451. The lowest BCUT2D eigenvalue weighted by atomic mass is 9.84. The molecule has 1 heteroatoms. The van der Waals surface area contributed by atoms with Gasteiger partial charge in [-0.2, -0.15) is 0 Å². The number of rotatable bonds is 3. The summed E-state index contributed by atoms with van der Waals surface area (Å²) in [6.07, 6.45) is 0. The van der Waals surface area contributed by atoms with Crippen molar-refractivity contribution in [3.05, 3.63) is 157 Å². The molecule has 1 nitrogen and oxygen atoms in total. The average molecular weight is 558 g/mol. The van der Waals surface area contributed by atoms with Gasteiger partial charge in [0.2, 0.25) is 0 Å². The summed E-state index contributed by atoms with van der Waals surface area (Å²) in [5, 5.41) is 5.13. The number of hydrogen-bond donors (Lipinski definition) is 0. The maximum Gasteiger partial charge on any atom is 0.143 e. The molecule has 43 heavy (non-hydrogen) atoms. The summed E-state index contributed by atoms with van der Waals surface area (Å²) in [6.45, 7) is 0. The van der Waals surface area contributed by atoms with E-state index >= 15 is 0 Å². The Kier molecular flexibility index (Phi) is 3.41. The van der Waals surface area contributed by atoms with Gasteiger partial charge in [0.05, 0.1) is 15.1 Å². The van der Waals surface area contributed by atoms with E-state index in [-0.39, 0.29) is 44.7 Å². The second kappa shape index (κ2) is 9.44. The molecule has 0 amide bonds. The van der Waals surface area contributed by atoms with Crippen LogP contribution < -0.4 is 0 Å². The zero-order chi connectivity index (χ0) is 37.9. The Balaban J connectivity index is 1.50. The molecule has 0 saturated heterocycles. The van der Waals surface area contributed by atoms with Gasteiger partial charge < -0.3 is 4.42 Å². The van der Waals surface area contributed by atoms with Crippen LogP contribution in [0.4, 0.5) is 0 Å². The normalized spacial score (nSPS) is 15.3. The Labute approximate surface area is 264 Å². The van der Waals surface area contributed by atoms with Crippen molar-refractivity contribution in [2.24, 2.45) is 0 Å². The third-order valence-corrected chi connectivity index (χ3v) is 8.11. The Morgan fingerprint density at radius 2 is 1.00 bits per heavy atom. The van der Waals surface area contributed by atoms with Crippen LogP contribution in [0.5, 0.6) is 0 Å². The summed E-state index contributed by atoms with van der Waals surface area (Å²) in [4.78, 5) is 0. The van der Waals surface area contributed by atoms with Gasteiger partial charge in [0, 0.05) is 21.9 Å². The summed E-state index contributed by atoms with van der Waals surface area (Å²) < 4.78 is 103. The summed E-state index contributed by atoms with van der Waals surface area (Å²) >= 11 is 0. The molecular formula is C42H26O. The molecule has 9 rings (SSSR count). The van der Waals surface area contributed by atoms with E-state index in [0.29, 0.717) is 5.56 Å². The first-order chi connectivity index (χ1) is 25.9. The second-order valence-electron chi connectivity index (χ2n) is 10.4. The molecule has 0 radical (unpaired) electrons. The highest BCUT2D eigenvalue weighted by Gasteiger charge is 2.21. The SMILES string of the molecule is [2H]c1c([2H])c([2H])c(-c2c([2H])c([2H])c([2H])c3oc4c(-c5c6ccccc6c(-c6cccc7ccccc67)c6ccccc56)c([2H])c([2H])c([2H])c4c23)c([2H])c1[2H]. The zero-order valence-corrected chi connectivity index (χ0v) is 22.6. The first-order valence-electron chi connectivity index (χ1n) is 19.4. The Morgan fingerprint density at radius 3 is 1.72 bits per heavy atom. The van der Waals surface area contributed by atoms with Crippen molar-refractivity contribution in [2.75, 3.05) is 0 Å². The Morgan fingerprint density at radius 1 is 0.419 bits per heavy atom. The molecule has 0 aliphatic heterocycles. The van der Waals surface area contributed by atoms with E-state index in [0.717, 1.165) is 43.4 Å². The van der Waals surface area contributed by atoms with Crippen LogP contribution in [0.25, 0.3) is 87.6 Å². The summed E-state index contributed by atoms with van der Waals surface area (Å²) in [6, 6.07) is 23.6. The number of fused-ring (bicyclic) bond motifs is 6. The van der Waals surface area contributed by atoms with Crippen LogP contribution in [-0.4, -0.2) is 0 Å². The van der Waals surface area contributed by atoms with Crippen molar-refractivity contribution in [1.82, 2.24) is 0 Å². The summed E-state index contributed by atoms with van der Waals surface area (Å²) in [5.41, 5.74) is 1.70. The predicted molar refractivity (Wildman–Crippen MR) is 183 cm³/mol. The van der Waals surface area contributed by atoms with Gasteiger partial charge in [-0.15, -0.1) is 0 Å². The van der Waals surface area contributed by atoms with Gasteiger partial charge in [-0.1, -0.05) is 151 Å². The third-order valence-electron chi connectivity index (χ3n) is 8.11. The molecule has 0 aliphatic carbocycles. The number of hydrogen-bond acceptors (Lipinski definition) is 1. The molecule has 0 aliphatic rings. The van der Waals surface area contributed by atoms with Gasteiger partial charge in [0.25, 0.3) is 0 Å². The Hall–Kier alpha value is -5.66. The lowest BCUT2D eigenvalue weighted by Gasteiger charge is -2.18. The van der Waals surface area contributed by atoms with Crippen molar-refractivity contribution in [1.29, 1.82) is 0 Å². The van der Waals surface area contributed by atoms with Crippen LogP contribution in [0, 0.1) is 0 Å². The van der Waals surface area contributed by atoms with Gasteiger partial charge in [-0.25, -0.2) is 0 Å². The van der Waals surface area contributed by atoms with E-state index in [4.69, 9.17) is 16.8 Å². The van der Waals surface area contributed by atoms with E-state index in [1.165, 1.54) is 0 Å². The van der Waals surface area contributed by atoms with Crippen LogP contribution in [0.2, 0.25) is 0 Å². The minimum atomic E-state index is -0.654. The van der Waals surface area contributed by atoms with Gasteiger partial charge in [-0.05, 0) is 60.6 Å². The largest absolute Gasteiger partial charge is 0.455 e. The van der Waals surface area contributed by atoms with Gasteiger partial charge >= 0.3 is 0 Å². The number of benzene rings is 8. The first-order valence-corrected chi connectivity index (χ1v) is 13.9. The van der Waals surface area contributed by atoms with Crippen LogP contribution in [0.15, 0.2) is 162 Å². The molecule has 0 saturated carbocycles. The molecule has 0 bridgehead atoms. The molecule has 1 heterocycles. The van der Waals surface area contributed by atoms with E-state index < -0.39 is 60.4 Å². The van der Waals surface area contributed by atoms with Crippen molar-refractivity contribution in [2.45, 2.75) is 0 Å². The molecule has 9 aromatic rings. The zero-order valence-electron chi connectivity index (χ0n) is 33.6. The molecule has 0 spiro atoms. The highest BCUT2D eigenvalue weighted by atomic mass is 16.3. The van der Waals surface area contributed by atoms with Crippen molar-refractivity contribution in [3.8, 4) is 33.4 Å². The molecule has 8 aromatic carbocycles. The van der Waals surface area contributed by atoms with Gasteiger partial charge in [0.15, 0.2) is 0 Å². The molecule has 0 unspecified atom stereocenters. The lowest BCUT2D eigenvalue weighted by molar-refractivity contribution is 0.670. The molecule has 0 atom stereocenters. The quantitative estimate of drug-likeness (QED) is 0.197. The highest BCUT2D eigenvalue weighted by molar-refractivity contribution is 6.26. The van der Waals surface area contributed by atoms with Gasteiger partial charge in [0.1, 0.15) is 11.2 Å². The number of furan rings is 1. The van der Waals surface area contributed by atoms with Crippen molar-refractivity contribution >= 4 is 54.3 Å². The highest BCUT2D eigenvalue weighted by Crippen LogP contribution is 2.48. The van der Waals surface area contributed by atoms with E-state index in [1.54, 1.807) is 0 Å². The Bertz CT molecular complexity index is 3040. The predicted octanol–water partition coefficient (Wildman–Crippen LogP) is 12.0. The van der Waals surface area contributed by atoms with Crippen LogP contribution in [0.3, 0.4) is 0 Å². The fourth-order valence-corrected chi connectivity index (χ4v) is 6.35. The van der Waals surface area contributed by atoms with E-state index in [2.05, 4.69) is 24.3 Å². The third kappa shape index (κ3) is 3.58. The lowest BCUT2D eigenvalue weighted by Crippen LogP contribution is -1.91. The van der Waals surface area contributed by atoms with Crippen LogP contribution in [0.1, 0.15) is 15.1 Å². The number of para-hydroxylation sites is 1. The molecular weight excluding hydrogens is 520 g/mol. The van der Waals surface area contributed by atoms with Crippen molar-refractivity contribution in [3.63, 3.8) is 0 Å². The van der Waals surface area contributed by atoms with Crippen LogP contribution in [-0.2, 0) is 0 Å². The van der Waals surface area contributed by atoms with Crippen LogP contribution >= 0.6 is 0 Å². The fraction of sp³-hybridized carbons (Fsp3) is 0. The summed E-state index contributed by atoms with van der Waals surface area (Å²) in [5.74, 6) is 0. The van der Waals surface area contributed by atoms with E-state index in [9.17, 15) is 2.74 Å². The molecule has 200 valence electrons. The minimum Gasteiger partial charge on any atom is -0.455 e. The second-order valence-corrected chi connectivity index (χ2v) is 10.4. The fourth-order valence-electron chi connectivity index (χ4n) is 6.35. The smallest absolute Gasteiger partial charge is 0.143 e. The standard InChI is InChI=1S/C42H26O/c1-2-13-28(14-3-1)30-22-12-26-38-41(30)37-25-11-24-36(42(37)43-38)40-34-20-8-6-18-32(34)39(33-19-7-9-21-35(33)40)31-23-10-16-27-15-4-5-17-29(27)31/h1-26H/i1D,2D,3D,11D,12D,13D,14D,22D,24D,25D,26D. The molecule has 1 aromatic heterocycles. The monoisotopic (exact) mass is 557 g/mol. The molecule has 0 N–H and O–H groups in total. The maximum absolute atomic E-state index is 9.39. The first kappa shape index (κ1) is 15.5.